The molecule has 2 aromatic carbocycles. The largest absolute Gasteiger partial charge is 0.494 e. The second-order valence-corrected chi connectivity index (χ2v) is 11.6. The van der Waals surface area contributed by atoms with E-state index in [-0.39, 0.29) is 17.3 Å². The van der Waals surface area contributed by atoms with E-state index in [9.17, 15) is 13.2 Å². The number of furan rings is 1. The molecule has 4 aromatic rings. The van der Waals surface area contributed by atoms with Crippen LogP contribution in [0.3, 0.4) is 0 Å². The van der Waals surface area contributed by atoms with Crippen LogP contribution in [0.4, 0.5) is 5.13 Å². The fourth-order valence-corrected chi connectivity index (χ4v) is 6.83. The van der Waals surface area contributed by atoms with Gasteiger partial charge in [0.15, 0.2) is 5.13 Å². The van der Waals surface area contributed by atoms with E-state index in [0.717, 1.165) is 30.4 Å². The van der Waals surface area contributed by atoms with Gasteiger partial charge in [-0.25, -0.2) is 13.4 Å². The molecule has 0 bridgehead atoms. The number of para-hydroxylation sites is 1. The van der Waals surface area contributed by atoms with Crippen molar-refractivity contribution >= 4 is 42.6 Å². The molecule has 3 heterocycles. The molecular formula is C26H27N3O5S2. The van der Waals surface area contributed by atoms with E-state index in [2.05, 4.69) is 0 Å². The lowest BCUT2D eigenvalue weighted by molar-refractivity contribution is 0.0983. The zero-order chi connectivity index (χ0) is 25.1. The van der Waals surface area contributed by atoms with Crippen LogP contribution in [0.25, 0.3) is 10.2 Å². The summed E-state index contributed by atoms with van der Waals surface area (Å²) in [5.74, 6) is 0.932. The number of nitrogens with zero attached hydrogens (tertiary/aromatic N) is 3. The summed E-state index contributed by atoms with van der Waals surface area (Å²) in [5, 5.41) is 0.497. The highest BCUT2D eigenvalue weighted by atomic mass is 32.2. The average Bonchev–Trinajstić information content (AvgIpc) is 3.49. The Morgan fingerprint density at radius 2 is 1.81 bits per heavy atom. The summed E-state index contributed by atoms with van der Waals surface area (Å²) in [6.45, 7) is 1.24. The second kappa shape index (κ2) is 10.4. The lowest BCUT2D eigenvalue weighted by Crippen LogP contribution is -2.32. The van der Waals surface area contributed by atoms with Crippen LogP contribution < -0.4 is 9.64 Å². The standard InChI is InChI=1S/C26H27N3O5S2/c1-33-22-9-6-10-23-24(22)27-26(35-23)29(18-20-8-7-17-34-20)25(30)19-11-13-21(14-12-19)36(31,32)28-15-4-2-3-5-16-28/h6-14,17H,2-5,15-16,18H2,1H3. The molecule has 8 nitrogen and oxygen atoms in total. The highest BCUT2D eigenvalue weighted by Crippen LogP contribution is 2.35. The van der Waals surface area contributed by atoms with E-state index in [1.165, 1.54) is 23.5 Å². The van der Waals surface area contributed by atoms with Gasteiger partial charge >= 0.3 is 0 Å². The van der Waals surface area contributed by atoms with Gasteiger partial charge in [0.2, 0.25) is 10.0 Å². The van der Waals surface area contributed by atoms with Gasteiger partial charge in [-0.3, -0.25) is 9.69 Å². The molecule has 1 amide bonds. The van der Waals surface area contributed by atoms with Gasteiger partial charge in [0, 0.05) is 18.7 Å². The number of aromatic nitrogens is 1. The van der Waals surface area contributed by atoms with Crippen molar-refractivity contribution in [2.75, 3.05) is 25.1 Å². The number of benzene rings is 2. The Labute approximate surface area is 214 Å². The maximum absolute atomic E-state index is 13.7. The normalized spacial score (nSPS) is 15.0. The Bertz CT molecular complexity index is 1440. The van der Waals surface area contributed by atoms with Gasteiger partial charge in [0.25, 0.3) is 5.91 Å². The van der Waals surface area contributed by atoms with Crippen LogP contribution in [-0.4, -0.2) is 43.8 Å². The van der Waals surface area contributed by atoms with Crippen molar-refractivity contribution < 1.29 is 22.4 Å². The maximum Gasteiger partial charge on any atom is 0.260 e. The summed E-state index contributed by atoms with van der Waals surface area (Å²) in [4.78, 5) is 20.1. The minimum atomic E-state index is -3.60. The molecule has 5 rings (SSSR count). The van der Waals surface area contributed by atoms with E-state index in [1.807, 2.05) is 18.2 Å². The molecule has 0 aliphatic carbocycles. The number of methoxy groups -OCH3 is 1. The van der Waals surface area contributed by atoms with E-state index < -0.39 is 10.0 Å². The highest BCUT2D eigenvalue weighted by Gasteiger charge is 2.27. The Hall–Kier alpha value is -3.21. The monoisotopic (exact) mass is 525 g/mol. The molecular weight excluding hydrogens is 498 g/mol. The number of thiazole rings is 1. The number of fused-ring (bicyclic) bond motifs is 1. The molecule has 1 aliphatic heterocycles. The lowest BCUT2D eigenvalue weighted by atomic mass is 10.2. The van der Waals surface area contributed by atoms with Gasteiger partial charge in [0.1, 0.15) is 17.0 Å². The van der Waals surface area contributed by atoms with Crippen LogP contribution >= 0.6 is 11.3 Å². The molecule has 1 aliphatic rings. The third-order valence-corrected chi connectivity index (χ3v) is 9.22. The number of rotatable bonds is 7. The number of sulfonamides is 1. The Morgan fingerprint density at radius 3 is 2.47 bits per heavy atom. The van der Waals surface area contributed by atoms with Crippen LogP contribution in [0, 0.1) is 0 Å². The first kappa shape index (κ1) is 24.5. The minimum Gasteiger partial charge on any atom is -0.494 e. The fraction of sp³-hybridized carbons (Fsp3) is 0.308. The van der Waals surface area contributed by atoms with Crippen LogP contribution in [0.15, 0.2) is 70.2 Å². The fourth-order valence-electron chi connectivity index (χ4n) is 4.33. The van der Waals surface area contributed by atoms with Crippen molar-refractivity contribution in [2.45, 2.75) is 37.1 Å². The first-order valence-electron chi connectivity index (χ1n) is 11.9. The number of hydrogen-bond donors (Lipinski definition) is 0. The van der Waals surface area contributed by atoms with Gasteiger partial charge in [-0.15, -0.1) is 0 Å². The Kier molecular flexibility index (Phi) is 7.08. The number of anilines is 1. The number of hydrogen-bond acceptors (Lipinski definition) is 7. The van der Waals surface area contributed by atoms with E-state index in [4.69, 9.17) is 14.1 Å². The van der Waals surface area contributed by atoms with Gasteiger partial charge in [0.05, 0.1) is 29.5 Å². The van der Waals surface area contributed by atoms with E-state index in [0.29, 0.717) is 40.8 Å². The predicted molar refractivity (Wildman–Crippen MR) is 139 cm³/mol. The van der Waals surface area contributed by atoms with E-state index >= 15 is 0 Å². The van der Waals surface area contributed by atoms with Crippen LogP contribution in [0.2, 0.25) is 0 Å². The van der Waals surface area contributed by atoms with Crippen LogP contribution in [0.1, 0.15) is 41.8 Å². The highest BCUT2D eigenvalue weighted by molar-refractivity contribution is 7.89. The number of carbonyl (C=O) groups is 1. The van der Waals surface area contributed by atoms with E-state index in [1.54, 1.807) is 46.8 Å². The molecule has 2 aromatic heterocycles. The zero-order valence-corrected chi connectivity index (χ0v) is 21.6. The van der Waals surface area contributed by atoms with Crippen molar-refractivity contribution in [1.82, 2.24) is 9.29 Å². The third kappa shape index (κ3) is 4.88. The molecule has 0 radical (unpaired) electrons. The summed E-state index contributed by atoms with van der Waals surface area (Å²) in [6, 6.07) is 15.4. The summed E-state index contributed by atoms with van der Waals surface area (Å²) in [6.07, 6.45) is 5.38. The molecule has 1 fully saturated rings. The topological polar surface area (TPSA) is 92.9 Å². The van der Waals surface area contributed by atoms with Crippen LogP contribution in [-0.2, 0) is 16.6 Å². The molecule has 0 saturated carbocycles. The maximum atomic E-state index is 13.7. The van der Waals surface area contributed by atoms with Crippen molar-refractivity contribution in [3.63, 3.8) is 0 Å². The molecule has 1 saturated heterocycles. The van der Waals surface area contributed by atoms with Gasteiger partial charge in [-0.05, 0) is 61.4 Å². The third-order valence-electron chi connectivity index (χ3n) is 6.26. The average molecular weight is 526 g/mol. The van der Waals surface area contributed by atoms with Crippen molar-refractivity contribution in [2.24, 2.45) is 0 Å². The minimum absolute atomic E-state index is 0.182. The molecule has 0 spiro atoms. The van der Waals surface area contributed by atoms with Crippen molar-refractivity contribution in [3.8, 4) is 5.75 Å². The molecule has 0 unspecified atom stereocenters. The molecule has 188 valence electrons. The van der Waals surface area contributed by atoms with Gasteiger partial charge < -0.3 is 9.15 Å². The predicted octanol–water partition coefficient (Wildman–Crippen LogP) is 5.31. The molecule has 0 N–H and O–H groups in total. The number of carbonyl (C=O) groups excluding carboxylic acids is 1. The van der Waals surface area contributed by atoms with Gasteiger partial charge in [-0.1, -0.05) is 30.2 Å². The summed E-state index contributed by atoms with van der Waals surface area (Å²) in [7, 11) is -2.01. The smallest absolute Gasteiger partial charge is 0.260 e. The zero-order valence-electron chi connectivity index (χ0n) is 19.9. The Morgan fingerprint density at radius 1 is 1.06 bits per heavy atom. The molecule has 10 heteroatoms. The molecule has 36 heavy (non-hydrogen) atoms. The van der Waals surface area contributed by atoms with Crippen LogP contribution in [0.5, 0.6) is 5.75 Å². The number of amides is 1. The number of ether oxygens (including phenoxy) is 1. The van der Waals surface area contributed by atoms with Gasteiger partial charge in [-0.2, -0.15) is 4.31 Å². The first-order valence-corrected chi connectivity index (χ1v) is 14.1. The second-order valence-electron chi connectivity index (χ2n) is 8.62. The van der Waals surface area contributed by atoms with Crippen molar-refractivity contribution in [3.05, 3.63) is 72.2 Å². The summed E-state index contributed by atoms with van der Waals surface area (Å²) < 4.78 is 39.7. The van der Waals surface area contributed by atoms with Crippen molar-refractivity contribution in [1.29, 1.82) is 0 Å². The quantitative estimate of drug-likeness (QED) is 0.325. The SMILES string of the molecule is COc1cccc2sc(N(Cc3ccco3)C(=O)c3ccc(S(=O)(=O)N4CCCCCC4)cc3)nc12. The Balaban J connectivity index is 1.46. The first-order chi connectivity index (χ1) is 17.5. The summed E-state index contributed by atoms with van der Waals surface area (Å²) >= 11 is 1.38. The summed E-state index contributed by atoms with van der Waals surface area (Å²) in [5.41, 5.74) is 1.04. The molecule has 0 atom stereocenters. The lowest BCUT2D eigenvalue weighted by Gasteiger charge is -2.21.